The fraction of sp³-hybridized carbons (Fsp3) is 0.750. The quantitative estimate of drug-likeness (QED) is 0.243. The fourth-order valence-electron chi connectivity index (χ4n) is 0.156. The van der Waals surface area contributed by atoms with Gasteiger partial charge in [0.15, 0.2) is 0 Å². The van der Waals surface area contributed by atoms with Crippen LogP contribution in [0.15, 0.2) is 5.16 Å². The molecule has 0 bridgehead atoms. The van der Waals surface area contributed by atoms with Crippen LogP contribution < -0.4 is 0 Å². The van der Waals surface area contributed by atoms with Gasteiger partial charge in [-0.05, 0) is 24.8 Å². The molecule has 0 fully saturated rings. The molecular formula is C4H9NO2Si. The number of isocyanates is 1. The lowest BCUT2D eigenvalue weighted by molar-refractivity contribution is 0.331. The second kappa shape index (κ2) is 2.64. The normalized spacial score (nSPS) is 9.88. The van der Waals surface area contributed by atoms with E-state index in [1.54, 1.807) is 0 Å². The van der Waals surface area contributed by atoms with Crippen LogP contribution in [0.4, 0.5) is 0 Å². The Hall–Kier alpha value is -0.603. The first-order chi connectivity index (χ1) is 3.56. The largest absolute Gasteiger partial charge is 0.446 e. The maximum Gasteiger partial charge on any atom is 0.279 e. The molecule has 0 rings (SSSR count). The summed E-state index contributed by atoms with van der Waals surface area (Å²) >= 11 is 0. The zero-order valence-electron chi connectivity index (χ0n) is 5.26. The third-order valence-corrected chi connectivity index (χ3v) is 0.996. The number of hydrogen-bond acceptors (Lipinski definition) is 3. The van der Waals surface area contributed by atoms with Crippen molar-refractivity contribution in [1.82, 2.24) is 0 Å². The Bertz CT molecular complexity index is 112. The highest BCUT2D eigenvalue weighted by Crippen LogP contribution is 2.00. The van der Waals surface area contributed by atoms with E-state index in [9.17, 15) is 4.79 Å². The summed E-state index contributed by atoms with van der Waals surface area (Å²) in [5, 5.41) is 3.00. The van der Waals surface area contributed by atoms with E-state index >= 15 is 0 Å². The Labute approximate surface area is 49.5 Å². The van der Waals surface area contributed by atoms with Gasteiger partial charge in [0.1, 0.15) is 0 Å². The summed E-state index contributed by atoms with van der Waals surface area (Å²) in [5.74, 6) is 0. The molecule has 0 unspecified atom stereocenters. The van der Waals surface area contributed by atoms with Crippen molar-refractivity contribution in [3.05, 3.63) is 0 Å². The van der Waals surface area contributed by atoms with Crippen molar-refractivity contribution in [2.24, 2.45) is 5.16 Å². The van der Waals surface area contributed by atoms with E-state index in [-0.39, 0.29) is 0 Å². The molecule has 0 aromatic carbocycles. The summed E-state index contributed by atoms with van der Waals surface area (Å²) in [6, 6.07) is 0. The van der Waals surface area contributed by atoms with Crippen LogP contribution >= 0.6 is 0 Å². The highest BCUT2D eigenvalue weighted by Gasteiger charge is 2.15. The van der Waals surface area contributed by atoms with Gasteiger partial charge in [-0.1, -0.05) is 0 Å². The second-order valence-electron chi connectivity index (χ2n) is 2.39. The maximum absolute atomic E-state index is 9.46. The molecule has 0 aliphatic carbocycles. The highest BCUT2D eigenvalue weighted by atomic mass is 28.4. The molecule has 0 heterocycles. The summed E-state index contributed by atoms with van der Waals surface area (Å²) < 4.78 is 4.72. The van der Waals surface area contributed by atoms with Crippen molar-refractivity contribution in [2.45, 2.75) is 19.6 Å². The Morgan fingerprint density at radius 2 is 2.00 bits per heavy atom. The van der Waals surface area contributed by atoms with E-state index in [1.807, 2.05) is 19.6 Å². The van der Waals surface area contributed by atoms with Crippen LogP contribution in [0, 0.1) is 0 Å². The fourth-order valence-corrected chi connectivity index (χ4v) is 0.467. The minimum absolute atomic E-state index is 1.31. The van der Waals surface area contributed by atoms with Crippen LogP contribution in [0.5, 0.6) is 0 Å². The standard InChI is InChI=1S/C4H9NO2Si/c1-8(2,3)7-5-4-6/h1-3H3. The predicted octanol–water partition coefficient (Wildman–Crippen LogP) is 1.09. The smallest absolute Gasteiger partial charge is 0.279 e. The van der Waals surface area contributed by atoms with Crippen molar-refractivity contribution in [3.63, 3.8) is 0 Å². The predicted molar refractivity (Wildman–Crippen MR) is 32.6 cm³/mol. The zero-order valence-corrected chi connectivity index (χ0v) is 6.26. The molecule has 0 aliphatic rings. The van der Waals surface area contributed by atoms with Crippen LogP contribution in [0.3, 0.4) is 0 Å². The molecule has 0 spiro atoms. The van der Waals surface area contributed by atoms with E-state index in [1.165, 1.54) is 6.08 Å². The van der Waals surface area contributed by atoms with Crippen LogP contribution in [0.1, 0.15) is 0 Å². The molecule has 0 atom stereocenters. The number of nitrogens with zero attached hydrogens (tertiary/aromatic N) is 1. The van der Waals surface area contributed by atoms with Gasteiger partial charge in [-0.3, -0.25) is 0 Å². The van der Waals surface area contributed by atoms with E-state index in [0.717, 1.165) is 0 Å². The van der Waals surface area contributed by atoms with Gasteiger partial charge in [0, 0.05) is 0 Å². The lowest BCUT2D eigenvalue weighted by Gasteiger charge is -2.09. The Morgan fingerprint density at radius 1 is 1.50 bits per heavy atom. The molecular weight excluding hydrogens is 122 g/mol. The summed E-state index contributed by atoms with van der Waals surface area (Å²) in [6.45, 7) is 5.82. The molecule has 0 N–H and O–H groups in total. The minimum atomic E-state index is -1.61. The molecule has 0 saturated heterocycles. The Balaban J connectivity index is 3.55. The van der Waals surface area contributed by atoms with Gasteiger partial charge >= 0.3 is 0 Å². The van der Waals surface area contributed by atoms with Gasteiger partial charge in [-0.15, -0.1) is 0 Å². The molecule has 0 aromatic heterocycles. The van der Waals surface area contributed by atoms with Crippen molar-refractivity contribution in [1.29, 1.82) is 0 Å². The molecule has 8 heavy (non-hydrogen) atoms. The molecule has 0 aromatic rings. The van der Waals surface area contributed by atoms with E-state index in [2.05, 4.69) is 5.16 Å². The number of hydrogen-bond donors (Lipinski definition) is 0. The van der Waals surface area contributed by atoms with Crippen LogP contribution in [-0.4, -0.2) is 14.4 Å². The summed E-state index contributed by atoms with van der Waals surface area (Å²) in [4.78, 5) is 9.46. The van der Waals surface area contributed by atoms with Gasteiger partial charge in [-0.2, -0.15) is 0 Å². The molecule has 0 radical (unpaired) electrons. The van der Waals surface area contributed by atoms with Gasteiger partial charge in [-0.25, -0.2) is 4.79 Å². The summed E-state index contributed by atoms with van der Waals surface area (Å²) in [6.07, 6.45) is 1.31. The van der Waals surface area contributed by atoms with Gasteiger partial charge < -0.3 is 4.53 Å². The average molecular weight is 131 g/mol. The highest BCUT2D eigenvalue weighted by molar-refractivity contribution is 6.69. The SMILES string of the molecule is C[Si](C)(C)ON=C=O. The van der Waals surface area contributed by atoms with Crippen molar-refractivity contribution >= 4 is 14.4 Å². The first kappa shape index (κ1) is 7.40. The lowest BCUT2D eigenvalue weighted by Crippen LogP contribution is -2.21. The van der Waals surface area contributed by atoms with Crippen molar-refractivity contribution < 1.29 is 9.32 Å². The second-order valence-corrected chi connectivity index (χ2v) is 6.79. The molecule has 0 aliphatic heterocycles. The van der Waals surface area contributed by atoms with E-state index in [4.69, 9.17) is 4.53 Å². The molecule has 4 heteroatoms. The molecule has 0 amide bonds. The van der Waals surface area contributed by atoms with Crippen LogP contribution in [0.2, 0.25) is 19.6 Å². The average Bonchev–Trinajstić information content (AvgIpc) is 1.59. The first-order valence-corrected chi connectivity index (χ1v) is 5.72. The summed E-state index contributed by atoms with van der Waals surface area (Å²) in [5.41, 5.74) is 0. The van der Waals surface area contributed by atoms with E-state index < -0.39 is 8.32 Å². The van der Waals surface area contributed by atoms with Gasteiger partial charge in [0.2, 0.25) is 0 Å². The number of carbonyl (C=O) groups excluding carboxylic acids is 1. The maximum atomic E-state index is 9.46. The Morgan fingerprint density at radius 3 is 2.12 bits per heavy atom. The Kier molecular flexibility index (Phi) is 2.44. The minimum Gasteiger partial charge on any atom is -0.446 e. The van der Waals surface area contributed by atoms with Gasteiger partial charge in [0.25, 0.3) is 14.4 Å². The zero-order chi connectivity index (χ0) is 6.62. The monoisotopic (exact) mass is 131 g/mol. The molecule has 46 valence electrons. The first-order valence-electron chi connectivity index (χ1n) is 2.31. The van der Waals surface area contributed by atoms with Crippen molar-refractivity contribution in [2.75, 3.05) is 0 Å². The van der Waals surface area contributed by atoms with E-state index in [0.29, 0.717) is 0 Å². The topological polar surface area (TPSA) is 38.7 Å². The lowest BCUT2D eigenvalue weighted by atomic mass is 11.7. The van der Waals surface area contributed by atoms with Crippen LogP contribution in [0.25, 0.3) is 0 Å². The number of rotatable bonds is 2. The third-order valence-electron chi connectivity index (χ3n) is 0.357. The van der Waals surface area contributed by atoms with Gasteiger partial charge in [0.05, 0.1) is 0 Å². The third kappa shape index (κ3) is 5.40. The molecule has 0 saturated carbocycles. The van der Waals surface area contributed by atoms with Crippen LogP contribution in [-0.2, 0) is 9.32 Å². The summed E-state index contributed by atoms with van der Waals surface area (Å²) in [7, 11) is -1.61. The van der Waals surface area contributed by atoms with Crippen molar-refractivity contribution in [3.8, 4) is 0 Å². The molecule has 3 nitrogen and oxygen atoms in total.